The van der Waals surface area contributed by atoms with Gasteiger partial charge in [-0.25, -0.2) is 9.37 Å². The van der Waals surface area contributed by atoms with E-state index in [0.29, 0.717) is 15.3 Å². The first-order valence-electron chi connectivity index (χ1n) is 6.87. The van der Waals surface area contributed by atoms with Crippen molar-refractivity contribution in [1.29, 1.82) is 0 Å². The summed E-state index contributed by atoms with van der Waals surface area (Å²) in [6.45, 7) is 7.98. The van der Waals surface area contributed by atoms with E-state index < -0.39 is 18.3 Å². The molecule has 2 heterocycles. The Balaban J connectivity index is 2.10. The summed E-state index contributed by atoms with van der Waals surface area (Å²) < 4.78 is 26.6. The monoisotopic (exact) mass is 308 g/mol. The van der Waals surface area contributed by atoms with Gasteiger partial charge in [0.25, 0.3) is 0 Å². The lowest BCUT2D eigenvalue weighted by atomic mass is 9.78. The highest BCUT2D eigenvalue weighted by Gasteiger charge is 2.52. The van der Waals surface area contributed by atoms with Crippen molar-refractivity contribution >= 4 is 39.3 Å². The van der Waals surface area contributed by atoms with Crippen molar-refractivity contribution in [3.8, 4) is 0 Å². The van der Waals surface area contributed by atoms with Gasteiger partial charge >= 0.3 is 7.12 Å². The van der Waals surface area contributed by atoms with E-state index in [1.165, 1.54) is 17.4 Å². The number of nitrogens with zero attached hydrogens (tertiary/aromatic N) is 1. The number of benzene rings is 1. The quantitative estimate of drug-likeness (QED) is 0.867. The second-order valence-corrected chi connectivity index (χ2v) is 7.17. The van der Waals surface area contributed by atoms with E-state index in [2.05, 4.69) is 10.3 Å². The van der Waals surface area contributed by atoms with Gasteiger partial charge in [0.15, 0.2) is 5.13 Å². The standard InChI is InChI=1S/C14H18BFN2O2S/c1-13(2)14(3,4)20-15(19-13)8-6-7-9(16)11-10(8)18-12(17-5)21-11/h6-7H,1-5H3,(H,17,18). The van der Waals surface area contributed by atoms with Gasteiger partial charge in [-0.1, -0.05) is 17.4 Å². The Morgan fingerprint density at radius 2 is 1.81 bits per heavy atom. The van der Waals surface area contributed by atoms with Crippen molar-refractivity contribution in [2.24, 2.45) is 0 Å². The lowest BCUT2D eigenvalue weighted by Gasteiger charge is -2.32. The first-order valence-corrected chi connectivity index (χ1v) is 7.69. The van der Waals surface area contributed by atoms with E-state index in [0.717, 1.165) is 5.46 Å². The molecule has 0 unspecified atom stereocenters. The molecule has 1 aliphatic rings. The normalized spacial score (nSPS) is 20.2. The van der Waals surface area contributed by atoms with Crippen LogP contribution in [0.1, 0.15) is 27.7 Å². The molecule has 1 aliphatic heterocycles. The topological polar surface area (TPSA) is 43.4 Å². The van der Waals surface area contributed by atoms with E-state index in [1.54, 1.807) is 13.1 Å². The van der Waals surface area contributed by atoms with Crippen LogP contribution in [0.3, 0.4) is 0 Å². The molecule has 1 fully saturated rings. The molecule has 1 N–H and O–H groups in total. The number of fused-ring (bicyclic) bond motifs is 1. The minimum atomic E-state index is -0.537. The highest BCUT2D eigenvalue weighted by atomic mass is 32.1. The van der Waals surface area contributed by atoms with Crippen LogP contribution in [0, 0.1) is 5.82 Å². The summed E-state index contributed by atoms with van der Waals surface area (Å²) >= 11 is 1.29. The summed E-state index contributed by atoms with van der Waals surface area (Å²) in [5, 5.41) is 3.63. The van der Waals surface area contributed by atoms with E-state index in [9.17, 15) is 4.39 Å². The largest absolute Gasteiger partial charge is 0.497 e. The molecule has 2 aromatic rings. The fourth-order valence-electron chi connectivity index (χ4n) is 2.26. The molecule has 1 saturated heterocycles. The molecule has 112 valence electrons. The number of rotatable bonds is 2. The minimum Gasteiger partial charge on any atom is -0.399 e. The molecular weight excluding hydrogens is 290 g/mol. The second kappa shape index (κ2) is 4.66. The fraction of sp³-hybridized carbons (Fsp3) is 0.500. The van der Waals surface area contributed by atoms with Crippen LogP contribution in [0.5, 0.6) is 0 Å². The predicted octanol–water partition coefficient (Wildman–Crippen LogP) is 2.78. The number of thiazole rings is 1. The highest BCUT2D eigenvalue weighted by Crippen LogP contribution is 2.37. The van der Waals surface area contributed by atoms with Gasteiger partial charge in [0.1, 0.15) is 5.82 Å². The van der Waals surface area contributed by atoms with Crippen LogP contribution >= 0.6 is 11.3 Å². The van der Waals surface area contributed by atoms with E-state index in [4.69, 9.17) is 9.31 Å². The van der Waals surface area contributed by atoms with Gasteiger partial charge < -0.3 is 14.6 Å². The number of nitrogens with one attached hydrogen (secondary N) is 1. The maximum absolute atomic E-state index is 14.0. The van der Waals surface area contributed by atoms with Crippen molar-refractivity contribution in [3.63, 3.8) is 0 Å². The average molecular weight is 308 g/mol. The molecule has 0 bridgehead atoms. The summed E-state index contributed by atoms with van der Waals surface area (Å²) in [7, 11) is 1.23. The molecule has 0 atom stereocenters. The Labute approximate surface area is 127 Å². The molecule has 0 radical (unpaired) electrons. The van der Waals surface area contributed by atoms with Crippen LogP contribution < -0.4 is 10.8 Å². The van der Waals surface area contributed by atoms with Gasteiger partial charge in [-0.3, -0.25) is 0 Å². The Bertz CT molecular complexity index is 686. The van der Waals surface area contributed by atoms with Gasteiger partial charge in [0, 0.05) is 12.5 Å². The van der Waals surface area contributed by atoms with Gasteiger partial charge in [-0.2, -0.15) is 0 Å². The molecule has 0 saturated carbocycles. The van der Waals surface area contributed by atoms with Crippen LogP contribution in [-0.4, -0.2) is 30.4 Å². The van der Waals surface area contributed by atoms with Crippen molar-refractivity contribution in [1.82, 2.24) is 4.98 Å². The Kier molecular flexibility index (Phi) is 3.27. The number of hydrogen-bond donors (Lipinski definition) is 1. The predicted molar refractivity (Wildman–Crippen MR) is 84.8 cm³/mol. The molecule has 0 spiro atoms. The van der Waals surface area contributed by atoms with Crippen molar-refractivity contribution in [2.75, 3.05) is 12.4 Å². The van der Waals surface area contributed by atoms with Crippen molar-refractivity contribution in [3.05, 3.63) is 17.9 Å². The molecule has 7 heteroatoms. The maximum atomic E-state index is 14.0. The fourth-order valence-corrected chi connectivity index (χ4v) is 3.12. The Hall–Kier alpha value is -1.18. The first kappa shape index (κ1) is 14.7. The summed E-state index contributed by atoms with van der Waals surface area (Å²) in [5.74, 6) is -0.274. The van der Waals surface area contributed by atoms with Gasteiger partial charge in [-0.05, 0) is 33.8 Å². The zero-order valence-electron chi connectivity index (χ0n) is 12.8. The lowest BCUT2D eigenvalue weighted by molar-refractivity contribution is 0.00578. The van der Waals surface area contributed by atoms with Crippen LogP contribution in [-0.2, 0) is 9.31 Å². The molecule has 4 nitrogen and oxygen atoms in total. The van der Waals surface area contributed by atoms with E-state index in [1.807, 2.05) is 27.7 Å². The molecule has 1 aromatic carbocycles. The zero-order chi connectivity index (χ0) is 15.4. The number of aromatic nitrogens is 1. The van der Waals surface area contributed by atoms with E-state index >= 15 is 0 Å². The summed E-state index contributed by atoms with van der Waals surface area (Å²) in [6, 6.07) is 3.14. The van der Waals surface area contributed by atoms with Crippen LogP contribution in [0.15, 0.2) is 12.1 Å². The van der Waals surface area contributed by atoms with Crippen LogP contribution in [0.2, 0.25) is 0 Å². The SMILES string of the molecule is CNc1nc2c(B3OC(C)(C)C(C)(C)O3)ccc(F)c2s1. The third kappa shape index (κ3) is 2.24. The molecule has 0 aliphatic carbocycles. The summed E-state index contributed by atoms with van der Waals surface area (Å²) in [4.78, 5) is 4.44. The van der Waals surface area contributed by atoms with Gasteiger partial charge in [0.05, 0.1) is 21.4 Å². The zero-order valence-corrected chi connectivity index (χ0v) is 13.6. The third-order valence-electron chi connectivity index (χ3n) is 4.25. The van der Waals surface area contributed by atoms with Crippen LogP contribution in [0.4, 0.5) is 9.52 Å². The highest BCUT2D eigenvalue weighted by molar-refractivity contribution is 7.22. The third-order valence-corrected chi connectivity index (χ3v) is 5.33. The van der Waals surface area contributed by atoms with Crippen molar-refractivity contribution in [2.45, 2.75) is 38.9 Å². The smallest absolute Gasteiger partial charge is 0.399 e. The number of anilines is 1. The van der Waals surface area contributed by atoms with Crippen LogP contribution in [0.25, 0.3) is 10.2 Å². The average Bonchev–Trinajstić information content (AvgIpc) is 2.90. The number of halogens is 1. The molecular formula is C14H18BFN2O2S. The minimum absolute atomic E-state index is 0.274. The Morgan fingerprint density at radius 3 is 2.38 bits per heavy atom. The molecule has 3 rings (SSSR count). The molecule has 21 heavy (non-hydrogen) atoms. The van der Waals surface area contributed by atoms with Gasteiger partial charge in [0.2, 0.25) is 0 Å². The summed E-state index contributed by atoms with van der Waals surface area (Å²) in [5.41, 5.74) is 0.506. The second-order valence-electron chi connectivity index (χ2n) is 6.17. The Morgan fingerprint density at radius 1 is 1.19 bits per heavy atom. The molecule has 1 aromatic heterocycles. The maximum Gasteiger partial charge on any atom is 0.497 e. The molecule has 0 amide bonds. The van der Waals surface area contributed by atoms with Gasteiger partial charge in [-0.15, -0.1) is 0 Å². The van der Waals surface area contributed by atoms with E-state index in [-0.39, 0.29) is 5.82 Å². The summed E-state index contributed by atoms with van der Waals surface area (Å²) in [6.07, 6.45) is 0. The first-order chi connectivity index (χ1) is 9.75. The lowest BCUT2D eigenvalue weighted by Crippen LogP contribution is -2.41. The van der Waals surface area contributed by atoms with Crippen molar-refractivity contribution < 1.29 is 13.7 Å². The number of hydrogen-bond acceptors (Lipinski definition) is 5.